The Morgan fingerprint density at radius 2 is 1.08 bits per heavy atom. The maximum absolute atomic E-state index is 4.42. The predicted molar refractivity (Wildman–Crippen MR) is 61.5 cm³/mol. The standard InChI is InChI=1S/C6H6N4S3/c11-4-7-1-10(2-8-5-12)3-9-6-13/h1-3H2. The number of hydrogen-bond acceptors (Lipinski definition) is 7. The number of hydrogen-bond donors (Lipinski definition) is 0. The molecule has 0 amide bonds. The quantitative estimate of drug-likeness (QED) is 0.512. The molecule has 0 aromatic heterocycles. The summed E-state index contributed by atoms with van der Waals surface area (Å²) >= 11 is 13.3. The molecule has 68 valence electrons. The van der Waals surface area contributed by atoms with Crippen molar-refractivity contribution in [3.8, 4) is 0 Å². The molecule has 0 spiro atoms. The van der Waals surface area contributed by atoms with Gasteiger partial charge in [0.15, 0.2) is 0 Å². The van der Waals surface area contributed by atoms with Crippen molar-refractivity contribution in [1.82, 2.24) is 4.90 Å². The average molecular weight is 230 g/mol. The topological polar surface area (TPSA) is 40.3 Å². The lowest BCUT2D eigenvalue weighted by Gasteiger charge is -2.11. The van der Waals surface area contributed by atoms with E-state index in [2.05, 4.69) is 67.1 Å². The van der Waals surface area contributed by atoms with E-state index in [4.69, 9.17) is 0 Å². The summed E-state index contributed by atoms with van der Waals surface area (Å²) in [6.45, 7) is 1.10. The van der Waals surface area contributed by atoms with Crippen molar-refractivity contribution in [2.75, 3.05) is 20.0 Å². The van der Waals surface area contributed by atoms with E-state index >= 15 is 0 Å². The Balaban J connectivity index is 4.07. The first-order valence-corrected chi connectivity index (χ1v) is 4.41. The van der Waals surface area contributed by atoms with Crippen molar-refractivity contribution < 1.29 is 0 Å². The lowest BCUT2D eigenvalue weighted by Crippen LogP contribution is -2.23. The van der Waals surface area contributed by atoms with E-state index in [1.807, 2.05) is 0 Å². The fourth-order valence-corrected chi connectivity index (χ4v) is 0.694. The first-order valence-electron chi connectivity index (χ1n) is 3.18. The fraction of sp³-hybridized carbons (Fsp3) is 0.500. The molecule has 0 N–H and O–H groups in total. The van der Waals surface area contributed by atoms with E-state index in [-0.39, 0.29) is 0 Å². The van der Waals surface area contributed by atoms with Gasteiger partial charge in [0.05, 0.1) is 15.5 Å². The molecule has 0 fully saturated rings. The van der Waals surface area contributed by atoms with Crippen LogP contribution in [0.4, 0.5) is 0 Å². The molecule has 0 heterocycles. The maximum Gasteiger partial charge on any atom is 0.104 e. The number of aliphatic imine (C=N–C) groups is 3. The summed E-state index contributed by atoms with van der Waals surface area (Å²) < 4.78 is 0. The number of thiocarbonyl (C=S) groups is 3. The van der Waals surface area contributed by atoms with E-state index in [0.29, 0.717) is 20.0 Å². The molecule has 4 nitrogen and oxygen atoms in total. The fourth-order valence-electron chi connectivity index (χ4n) is 0.521. The van der Waals surface area contributed by atoms with Gasteiger partial charge in [-0.1, -0.05) is 0 Å². The van der Waals surface area contributed by atoms with Crippen molar-refractivity contribution in [3.05, 3.63) is 0 Å². The van der Waals surface area contributed by atoms with Crippen LogP contribution in [0.1, 0.15) is 0 Å². The Labute approximate surface area is 92.1 Å². The summed E-state index contributed by atoms with van der Waals surface area (Å²) in [4.78, 5) is 12.9. The summed E-state index contributed by atoms with van der Waals surface area (Å²) in [5.74, 6) is 0. The highest BCUT2D eigenvalue weighted by molar-refractivity contribution is 7.78. The Hall–Kier alpha value is -0.640. The van der Waals surface area contributed by atoms with E-state index < -0.39 is 0 Å². The smallest absolute Gasteiger partial charge is 0.104 e. The van der Waals surface area contributed by atoms with Crippen LogP contribution in [0.5, 0.6) is 0 Å². The Morgan fingerprint density at radius 3 is 1.31 bits per heavy atom. The van der Waals surface area contributed by atoms with Gasteiger partial charge in [-0.15, -0.1) is 0 Å². The summed E-state index contributed by atoms with van der Waals surface area (Å²) in [5.41, 5.74) is 0. The van der Waals surface area contributed by atoms with Gasteiger partial charge in [0.25, 0.3) is 0 Å². The number of rotatable bonds is 6. The molecule has 0 bridgehead atoms. The Morgan fingerprint density at radius 1 is 0.769 bits per heavy atom. The molecule has 0 rings (SSSR count). The first kappa shape index (κ1) is 12.4. The third-order valence-electron chi connectivity index (χ3n) is 1.01. The second-order valence-corrected chi connectivity index (χ2v) is 2.39. The van der Waals surface area contributed by atoms with Crippen molar-refractivity contribution in [2.24, 2.45) is 15.0 Å². The summed E-state index contributed by atoms with van der Waals surface area (Å²) in [6.07, 6.45) is 0. The maximum atomic E-state index is 4.42. The van der Waals surface area contributed by atoms with Gasteiger partial charge in [0, 0.05) is 0 Å². The van der Waals surface area contributed by atoms with E-state index in [9.17, 15) is 0 Å². The summed E-state index contributed by atoms with van der Waals surface area (Å²) in [6, 6.07) is 0. The minimum Gasteiger partial charge on any atom is -0.243 e. The zero-order valence-electron chi connectivity index (χ0n) is 6.63. The monoisotopic (exact) mass is 230 g/mol. The summed E-state index contributed by atoms with van der Waals surface area (Å²) in [5, 5.41) is 6.72. The molecule has 0 aliphatic heterocycles. The van der Waals surface area contributed by atoms with Crippen LogP contribution in [0.3, 0.4) is 0 Å². The van der Waals surface area contributed by atoms with Crippen molar-refractivity contribution in [3.63, 3.8) is 0 Å². The normalized spacial score (nSPS) is 8.08. The van der Waals surface area contributed by atoms with Crippen LogP contribution in [0.2, 0.25) is 0 Å². The highest BCUT2D eigenvalue weighted by Crippen LogP contribution is 1.88. The van der Waals surface area contributed by atoms with Gasteiger partial charge < -0.3 is 0 Å². The Bertz CT molecular complexity index is 237. The van der Waals surface area contributed by atoms with Gasteiger partial charge in [0.2, 0.25) is 0 Å². The molecule has 7 heteroatoms. The molecule has 0 aliphatic rings. The van der Waals surface area contributed by atoms with E-state index in [1.165, 1.54) is 0 Å². The van der Waals surface area contributed by atoms with Crippen LogP contribution in [0.25, 0.3) is 0 Å². The van der Waals surface area contributed by atoms with Crippen LogP contribution in [-0.4, -0.2) is 40.4 Å². The minimum absolute atomic E-state index is 0.366. The largest absolute Gasteiger partial charge is 0.243 e. The molecule has 0 atom stereocenters. The highest BCUT2D eigenvalue weighted by atomic mass is 32.1. The molecule has 0 unspecified atom stereocenters. The van der Waals surface area contributed by atoms with E-state index in [0.717, 1.165) is 0 Å². The highest BCUT2D eigenvalue weighted by Gasteiger charge is 1.99. The van der Waals surface area contributed by atoms with Crippen LogP contribution in [-0.2, 0) is 0 Å². The molecule has 0 aliphatic carbocycles. The van der Waals surface area contributed by atoms with Crippen LogP contribution in [0.15, 0.2) is 15.0 Å². The van der Waals surface area contributed by atoms with Crippen molar-refractivity contribution >= 4 is 52.1 Å². The second-order valence-electron chi connectivity index (χ2n) is 1.84. The molecule has 0 saturated heterocycles. The van der Waals surface area contributed by atoms with Gasteiger partial charge in [0.1, 0.15) is 20.0 Å². The first-order chi connectivity index (χ1) is 6.35. The van der Waals surface area contributed by atoms with Gasteiger partial charge in [-0.05, 0) is 36.7 Å². The van der Waals surface area contributed by atoms with Gasteiger partial charge in [-0.2, -0.15) is 0 Å². The molecule has 0 radical (unpaired) electrons. The predicted octanol–water partition coefficient (Wildman–Crippen LogP) is 1.47. The Kier molecular flexibility index (Phi) is 8.98. The van der Waals surface area contributed by atoms with Crippen LogP contribution >= 0.6 is 36.7 Å². The third kappa shape index (κ3) is 7.71. The minimum atomic E-state index is 0.366. The van der Waals surface area contributed by atoms with Crippen molar-refractivity contribution in [1.29, 1.82) is 0 Å². The summed E-state index contributed by atoms with van der Waals surface area (Å²) in [7, 11) is 0. The molecular weight excluding hydrogens is 224 g/mol. The second kappa shape index (κ2) is 9.45. The van der Waals surface area contributed by atoms with Gasteiger partial charge in [-0.3, -0.25) is 0 Å². The lowest BCUT2D eigenvalue weighted by atomic mass is 10.7. The average Bonchev–Trinajstić information content (AvgIpc) is 2.17. The van der Waals surface area contributed by atoms with Gasteiger partial charge in [-0.25, -0.2) is 19.9 Å². The molecule has 0 aromatic rings. The molecular formula is C6H6N4S3. The zero-order chi connectivity index (χ0) is 9.94. The SMILES string of the molecule is S=C=NCN(CN=C=S)CN=C=S. The zero-order valence-corrected chi connectivity index (χ0v) is 9.08. The lowest BCUT2D eigenvalue weighted by molar-refractivity contribution is 0.304. The number of nitrogens with zero attached hydrogens (tertiary/aromatic N) is 4. The van der Waals surface area contributed by atoms with Crippen LogP contribution < -0.4 is 0 Å². The third-order valence-corrected chi connectivity index (χ3v) is 1.39. The van der Waals surface area contributed by atoms with Crippen molar-refractivity contribution in [2.45, 2.75) is 0 Å². The molecule has 13 heavy (non-hydrogen) atoms. The number of isothiocyanates is 3. The van der Waals surface area contributed by atoms with Gasteiger partial charge >= 0.3 is 0 Å². The molecule has 0 aromatic carbocycles. The van der Waals surface area contributed by atoms with E-state index in [1.54, 1.807) is 4.90 Å². The molecule has 0 saturated carbocycles. The van der Waals surface area contributed by atoms with Crippen LogP contribution in [0, 0.1) is 0 Å².